The average molecular weight is 864 g/mol. The van der Waals surface area contributed by atoms with Crippen molar-refractivity contribution in [3.05, 3.63) is 302 Å². The van der Waals surface area contributed by atoms with E-state index in [9.17, 15) is 0 Å². The van der Waals surface area contributed by atoms with Crippen LogP contribution >= 0.6 is 0 Å². The normalized spacial score (nSPS) is 10.8. The highest BCUT2D eigenvalue weighted by Crippen LogP contribution is 2.39. The van der Waals surface area contributed by atoms with Gasteiger partial charge >= 0.3 is 0 Å². The molecule has 0 aliphatic heterocycles. The Balaban J connectivity index is 1.14. The Morgan fingerprint density at radius 1 is 0.239 bits per heavy atom. The molecule has 0 aliphatic rings. The molecule has 0 aromatic heterocycles. The van der Waals surface area contributed by atoms with Crippen molar-refractivity contribution >= 4 is 52.0 Å². The molecule has 0 fully saturated rings. The van der Waals surface area contributed by atoms with Crippen LogP contribution in [0.5, 0.6) is 0 Å². The lowest BCUT2D eigenvalue weighted by Crippen LogP contribution is -2.10. The second kappa shape index (κ2) is 20.0. The van der Waals surface area contributed by atoms with Gasteiger partial charge in [0, 0.05) is 17.1 Å². The fourth-order valence-corrected chi connectivity index (χ4v) is 9.26. The van der Waals surface area contributed by atoms with Crippen molar-refractivity contribution in [2.24, 2.45) is 0 Å². The summed E-state index contributed by atoms with van der Waals surface area (Å²) in [6.07, 6.45) is 7.01. The maximum atomic E-state index is 2.37. The van der Waals surface area contributed by atoms with Crippen molar-refractivity contribution in [3.8, 4) is 0 Å². The van der Waals surface area contributed by atoms with Crippen molar-refractivity contribution in [2.45, 2.75) is 41.5 Å². The van der Waals surface area contributed by atoms with Crippen LogP contribution in [0.1, 0.15) is 83.5 Å². The van der Waals surface area contributed by atoms with Crippen LogP contribution < -0.4 is 4.90 Å². The first-order chi connectivity index (χ1) is 32.7. The molecule has 0 N–H and O–H groups in total. The van der Waals surface area contributed by atoms with E-state index in [1.807, 2.05) is 0 Å². The highest BCUT2D eigenvalue weighted by Gasteiger charge is 2.17. The second-order valence-corrected chi connectivity index (χ2v) is 17.7. The quantitative estimate of drug-likeness (QED) is 0.111. The number of aryl methyl sites for hydroxylation is 6. The van der Waals surface area contributed by atoms with Gasteiger partial charge in [-0.2, -0.15) is 0 Å². The average Bonchev–Trinajstić information content (AvgIpc) is 3.35. The Morgan fingerprint density at radius 3 is 0.597 bits per heavy atom. The van der Waals surface area contributed by atoms with E-state index in [-0.39, 0.29) is 0 Å². The van der Waals surface area contributed by atoms with Gasteiger partial charge in [-0.05, 0) is 196 Å². The SMILES string of the molecule is Cc1ccccc1C(=Cc1ccc(N(c2ccc(C=C(c3ccccc3C)c3ccccc3C)cc2)c2ccc(C=C(c3ccccc3C)c3ccccc3C)cc2)cc1)c1ccccc1C. The molecular formula is C66H57N. The summed E-state index contributed by atoms with van der Waals surface area (Å²) in [5.41, 5.74) is 25.3. The van der Waals surface area contributed by atoms with Crippen LogP contribution in [0.4, 0.5) is 17.1 Å². The molecular weight excluding hydrogens is 807 g/mol. The molecule has 0 saturated carbocycles. The van der Waals surface area contributed by atoms with Gasteiger partial charge in [-0.15, -0.1) is 0 Å². The minimum Gasteiger partial charge on any atom is -0.311 e. The zero-order valence-electron chi connectivity index (χ0n) is 39.5. The second-order valence-electron chi connectivity index (χ2n) is 17.7. The molecule has 0 spiro atoms. The number of benzene rings is 9. The van der Waals surface area contributed by atoms with Crippen LogP contribution in [-0.2, 0) is 0 Å². The third kappa shape index (κ3) is 9.83. The van der Waals surface area contributed by atoms with Crippen molar-refractivity contribution in [3.63, 3.8) is 0 Å². The molecule has 0 bridgehead atoms. The van der Waals surface area contributed by atoms with Gasteiger partial charge in [-0.3, -0.25) is 0 Å². The van der Waals surface area contributed by atoms with Crippen LogP contribution in [0.15, 0.2) is 218 Å². The summed E-state index contributed by atoms with van der Waals surface area (Å²) in [6, 6.07) is 79.1. The third-order valence-electron chi connectivity index (χ3n) is 13.0. The van der Waals surface area contributed by atoms with Gasteiger partial charge in [-0.25, -0.2) is 0 Å². The molecule has 326 valence electrons. The predicted octanol–water partition coefficient (Wildman–Crippen LogP) is 17.8. The van der Waals surface area contributed by atoms with Crippen molar-refractivity contribution in [2.75, 3.05) is 4.90 Å². The largest absolute Gasteiger partial charge is 0.311 e. The highest BCUT2D eigenvalue weighted by molar-refractivity contribution is 5.96. The number of rotatable bonds is 12. The lowest BCUT2D eigenvalue weighted by Gasteiger charge is -2.26. The fraction of sp³-hybridized carbons (Fsp3) is 0.0909. The summed E-state index contributed by atoms with van der Waals surface area (Å²) >= 11 is 0. The number of anilines is 3. The molecule has 0 amide bonds. The molecule has 0 radical (unpaired) electrons. The van der Waals surface area contributed by atoms with Gasteiger partial charge in [0.1, 0.15) is 0 Å². The zero-order valence-corrected chi connectivity index (χ0v) is 39.5. The summed E-state index contributed by atoms with van der Waals surface area (Å²) in [4.78, 5) is 2.37. The summed E-state index contributed by atoms with van der Waals surface area (Å²) in [5, 5.41) is 0. The van der Waals surface area contributed by atoms with Crippen LogP contribution in [0.25, 0.3) is 34.9 Å². The third-order valence-corrected chi connectivity index (χ3v) is 13.0. The molecule has 1 nitrogen and oxygen atoms in total. The number of nitrogens with zero attached hydrogens (tertiary/aromatic N) is 1. The van der Waals surface area contributed by atoms with E-state index in [0.717, 1.165) is 33.8 Å². The van der Waals surface area contributed by atoms with E-state index in [4.69, 9.17) is 0 Å². The Bertz CT molecular complexity index is 2770. The zero-order chi connectivity index (χ0) is 46.3. The molecule has 0 saturated heterocycles. The topological polar surface area (TPSA) is 3.24 Å². The predicted molar refractivity (Wildman–Crippen MR) is 289 cm³/mol. The Labute approximate surface area is 398 Å². The standard InChI is InChI=1S/C66H57N/c1-46-19-7-13-25-58(46)64(59-26-14-8-20-47(59)2)43-52-31-37-55(38-32-52)67(56-39-33-53(34-40-56)44-65(60-27-15-9-21-48(60)3)61-28-16-10-22-49(61)4)57-41-35-54(36-42-57)45-66(62-29-17-11-23-50(62)5)63-30-18-12-24-51(63)6/h7-45H,1-6H3. The van der Waals surface area contributed by atoms with Gasteiger partial charge in [0.25, 0.3) is 0 Å². The minimum absolute atomic E-state index is 1.08. The van der Waals surface area contributed by atoms with Crippen LogP contribution in [-0.4, -0.2) is 0 Å². The first-order valence-electron chi connectivity index (χ1n) is 23.3. The highest BCUT2D eigenvalue weighted by atomic mass is 15.1. The van der Waals surface area contributed by atoms with E-state index in [2.05, 4.69) is 283 Å². The molecule has 67 heavy (non-hydrogen) atoms. The van der Waals surface area contributed by atoms with Crippen LogP contribution in [0.2, 0.25) is 0 Å². The lowest BCUT2D eigenvalue weighted by atomic mass is 9.90. The molecule has 9 rings (SSSR count). The van der Waals surface area contributed by atoms with Crippen molar-refractivity contribution < 1.29 is 0 Å². The molecule has 0 heterocycles. The van der Waals surface area contributed by atoms with E-state index >= 15 is 0 Å². The summed E-state index contributed by atoms with van der Waals surface area (Å²) in [6.45, 7) is 13.2. The number of hydrogen-bond donors (Lipinski definition) is 0. The smallest absolute Gasteiger partial charge is 0.0462 e. The molecule has 9 aromatic rings. The van der Waals surface area contributed by atoms with Gasteiger partial charge in [-0.1, -0.05) is 182 Å². The van der Waals surface area contributed by atoms with Crippen molar-refractivity contribution in [1.82, 2.24) is 0 Å². The first kappa shape index (κ1) is 44.2. The maximum absolute atomic E-state index is 2.37. The molecule has 9 aromatic carbocycles. The molecule has 0 aliphatic carbocycles. The van der Waals surface area contributed by atoms with E-state index in [0.29, 0.717) is 0 Å². The van der Waals surface area contributed by atoms with Crippen molar-refractivity contribution in [1.29, 1.82) is 0 Å². The first-order valence-corrected chi connectivity index (χ1v) is 23.3. The van der Waals surface area contributed by atoms with E-state index in [1.165, 1.54) is 83.5 Å². The Hall–Kier alpha value is -8.00. The van der Waals surface area contributed by atoms with E-state index < -0.39 is 0 Å². The van der Waals surface area contributed by atoms with Crippen LogP contribution in [0, 0.1) is 41.5 Å². The molecule has 0 unspecified atom stereocenters. The maximum Gasteiger partial charge on any atom is 0.0462 e. The van der Waals surface area contributed by atoms with Crippen LogP contribution in [0.3, 0.4) is 0 Å². The fourth-order valence-electron chi connectivity index (χ4n) is 9.26. The summed E-state index contributed by atoms with van der Waals surface area (Å²) < 4.78 is 0. The monoisotopic (exact) mass is 863 g/mol. The van der Waals surface area contributed by atoms with Gasteiger partial charge in [0.15, 0.2) is 0 Å². The molecule has 1 heteroatoms. The van der Waals surface area contributed by atoms with Gasteiger partial charge in [0.05, 0.1) is 0 Å². The lowest BCUT2D eigenvalue weighted by molar-refractivity contribution is 1.28. The van der Waals surface area contributed by atoms with Gasteiger partial charge in [0.2, 0.25) is 0 Å². The summed E-state index contributed by atoms with van der Waals surface area (Å²) in [5.74, 6) is 0. The minimum atomic E-state index is 1.08. The summed E-state index contributed by atoms with van der Waals surface area (Å²) in [7, 11) is 0. The van der Waals surface area contributed by atoms with E-state index in [1.54, 1.807) is 0 Å². The van der Waals surface area contributed by atoms with Gasteiger partial charge < -0.3 is 4.90 Å². The molecule has 0 atom stereocenters. The number of hydrogen-bond acceptors (Lipinski definition) is 1. The Morgan fingerprint density at radius 2 is 0.418 bits per heavy atom. The Kier molecular flexibility index (Phi) is 13.2.